The van der Waals surface area contributed by atoms with E-state index in [0.717, 1.165) is 6.08 Å². The van der Waals surface area contributed by atoms with Crippen LogP contribution in [0.1, 0.15) is 33.3 Å². The highest BCUT2D eigenvalue weighted by Gasteiger charge is 2.21. The van der Waals surface area contributed by atoms with E-state index in [9.17, 15) is 14.9 Å². The molecule has 0 aliphatic carbocycles. The van der Waals surface area contributed by atoms with Crippen molar-refractivity contribution in [1.82, 2.24) is 0 Å². The second-order valence-electron chi connectivity index (χ2n) is 5.32. The highest BCUT2D eigenvalue weighted by atomic mass is 32.2. The monoisotopic (exact) mass is 295 g/mol. The third-order valence-electron chi connectivity index (χ3n) is 2.37. The fourth-order valence-corrected chi connectivity index (χ4v) is 2.62. The Balaban J connectivity index is 3.27. The average molecular weight is 295 g/mol. The van der Waals surface area contributed by atoms with Crippen LogP contribution < -0.4 is 0 Å². The minimum atomic E-state index is -1.07. The van der Waals surface area contributed by atoms with Crippen LogP contribution in [0.3, 0.4) is 0 Å². The maximum Gasteiger partial charge on any atom is 0.328 e. The van der Waals surface area contributed by atoms with Crippen molar-refractivity contribution in [3.63, 3.8) is 0 Å². The van der Waals surface area contributed by atoms with Crippen molar-refractivity contribution in [3.8, 4) is 0 Å². The van der Waals surface area contributed by atoms with Gasteiger partial charge in [0.05, 0.1) is 9.82 Å². The number of rotatable bonds is 4. The lowest BCUT2D eigenvalue weighted by molar-refractivity contribution is -0.387. The fourth-order valence-electron chi connectivity index (χ4n) is 1.59. The first-order valence-electron chi connectivity index (χ1n) is 5.99. The third kappa shape index (κ3) is 4.70. The Morgan fingerprint density at radius 2 is 2.00 bits per heavy atom. The molecule has 0 unspecified atom stereocenters. The van der Waals surface area contributed by atoms with Crippen LogP contribution in [0, 0.1) is 10.1 Å². The zero-order valence-electron chi connectivity index (χ0n) is 11.8. The molecule has 0 spiro atoms. The van der Waals surface area contributed by atoms with Gasteiger partial charge < -0.3 is 5.11 Å². The van der Waals surface area contributed by atoms with E-state index in [2.05, 4.69) is 0 Å². The lowest BCUT2D eigenvalue weighted by Crippen LogP contribution is -2.07. The number of aliphatic carboxylic acids is 1. The van der Waals surface area contributed by atoms with E-state index in [1.807, 2.05) is 20.8 Å². The van der Waals surface area contributed by atoms with Gasteiger partial charge in [-0.15, -0.1) is 11.8 Å². The van der Waals surface area contributed by atoms with E-state index < -0.39 is 10.9 Å². The van der Waals surface area contributed by atoms with Gasteiger partial charge >= 0.3 is 5.97 Å². The summed E-state index contributed by atoms with van der Waals surface area (Å²) in [7, 11) is 0. The Hall–Kier alpha value is -1.82. The molecule has 0 aliphatic heterocycles. The number of nitrogens with zero attached hydrogens (tertiary/aromatic N) is 1. The van der Waals surface area contributed by atoms with Crippen molar-refractivity contribution in [2.24, 2.45) is 0 Å². The quantitative estimate of drug-likeness (QED) is 0.393. The summed E-state index contributed by atoms with van der Waals surface area (Å²) < 4.78 is -0.141. The van der Waals surface area contributed by atoms with Gasteiger partial charge in [0.15, 0.2) is 0 Å². The van der Waals surface area contributed by atoms with Crippen molar-refractivity contribution >= 4 is 29.0 Å². The lowest BCUT2D eigenvalue weighted by Gasteiger charge is -2.17. The molecule has 0 bridgehead atoms. The van der Waals surface area contributed by atoms with Gasteiger partial charge in [0, 0.05) is 16.9 Å². The van der Waals surface area contributed by atoms with Crippen LogP contribution in [0.2, 0.25) is 0 Å². The van der Waals surface area contributed by atoms with Crippen LogP contribution in [-0.2, 0) is 4.79 Å². The van der Waals surface area contributed by atoms with Crippen molar-refractivity contribution in [1.29, 1.82) is 0 Å². The van der Waals surface area contributed by atoms with Gasteiger partial charge in [-0.2, -0.15) is 0 Å². The van der Waals surface area contributed by atoms with Gasteiger partial charge in [-0.1, -0.05) is 26.8 Å². The number of carboxylic acids is 1. The molecule has 1 aromatic carbocycles. The number of nitro groups is 1. The Kier molecular flexibility index (Phi) is 4.94. The summed E-state index contributed by atoms with van der Waals surface area (Å²) in [5.41, 5.74) is 1.02. The number of nitro benzene ring substituents is 1. The van der Waals surface area contributed by atoms with Gasteiger partial charge in [0.1, 0.15) is 0 Å². The summed E-state index contributed by atoms with van der Waals surface area (Å²) in [5, 5.41) is 19.9. The standard InChI is InChI=1S/C14H17NO4S/c1-9(7-13(16)17)10-5-6-12(20-14(2,3)4)11(8-10)15(18)19/h5-8H,1-4H3,(H,16,17). The molecule has 108 valence electrons. The molecule has 1 rings (SSSR count). The van der Waals surface area contributed by atoms with Crippen molar-refractivity contribution in [2.75, 3.05) is 0 Å². The largest absolute Gasteiger partial charge is 0.478 e. The molecule has 0 aliphatic rings. The maximum absolute atomic E-state index is 11.2. The number of hydrogen-bond donors (Lipinski definition) is 1. The molecule has 6 heteroatoms. The lowest BCUT2D eigenvalue weighted by atomic mass is 10.1. The first kappa shape index (κ1) is 16.2. The molecular formula is C14H17NO4S. The molecule has 1 aromatic rings. The molecule has 5 nitrogen and oxygen atoms in total. The van der Waals surface area contributed by atoms with E-state index >= 15 is 0 Å². The minimum Gasteiger partial charge on any atom is -0.478 e. The molecule has 1 N–H and O–H groups in total. The summed E-state index contributed by atoms with van der Waals surface area (Å²) in [6, 6.07) is 4.79. The van der Waals surface area contributed by atoms with Crippen molar-refractivity contribution < 1.29 is 14.8 Å². The number of allylic oxidation sites excluding steroid dienone is 1. The summed E-state index contributed by atoms with van der Waals surface area (Å²) in [6.45, 7) is 7.55. The van der Waals surface area contributed by atoms with Crippen LogP contribution in [-0.4, -0.2) is 20.7 Å². The maximum atomic E-state index is 11.2. The first-order chi connectivity index (χ1) is 9.10. The molecule has 0 fully saturated rings. The Bertz CT molecular complexity index is 573. The number of carbonyl (C=O) groups is 1. The van der Waals surface area contributed by atoms with Crippen LogP contribution in [0.5, 0.6) is 0 Å². The Morgan fingerprint density at radius 3 is 2.45 bits per heavy atom. The fraction of sp³-hybridized carbons (Fsp3) is 0.357. The van der Waals surface area contributed by atoms with Crippen LogP contribution in [0.25, 0.3) is 5.57 Å². The topological polar surface area (TPSA) is 80.4 Å². The van der Waals surface area contributed by atoms with E-state index in [4.69, 9.17) is 5.11 Å². The molecule has 0 saturated carbocycles. The first-order valence-corrected chi connectivity index (χ1v) is 6.81. The van der Waals surface area contributed by atoms with E-state index in [1.54, 1.807) is 19.1 Å². The Morgan fingerprint density at radius 1 is 1.40 bits per heavy atom. The highest BCUT2D eigenvalue weighted by Crippen LogP contribution is 2.38. The van der Waals surface area contributed by atoms with Crippen LogP contribution in [0.4, 0.5) is 5.69 Å². The SMILES string of the molecule is CC(=CC(=O)O)c1ccc(SC(C)(C)C)c([N+](=O)[O-])c1. The van der Waals surface area contributed by atoms with Crippen LogP contribution >= 0.6 is 11.8 Å². The second kappa shape index (κ2) is 6.09. The van der Waals surface area contributed by atoms with Crippen molar-refractivity contribution in [2.45, 2.75) is 37.3 Å². The molecule has 0 saturated heterocycles. The number of thioether (sulfide) groups is 1. The minimum absolute atomic E-state index is 0.000522. The second-order valence-corrected chi connectivity index (χ2v) is 7.19. The third-order valence-corrected chi connectivity index (χ3v) is 3.54. The number of benzene rings is 1. The van der Waals surface area contributed by atoms with Crippen molar-refractivity contribution in [3.05, 3.63) is 40.0 Å². The molecule has 0 aromatic heterocycles. The molecular weight excluding hydrogens is 278 g/mol. The van der Waals surface area contributed by atoms with Gasteiger partial charge in [0.25, 0.3) is 5.69 Å². The van der Waals surface area contributed by atoms with Gasteiger partial charge in [-0.3, -0.25) is 10.1 Å². The molecule has 0 radical (unpaired) electrons. The average Bonchev–Trinajstić information content (AvgIpc) is 2.25. The summed E-state index contributed by atoms with van der Waals surface area (Å²) >= 11 is 1.41. The smallest absolute Gasteiger partial charge is 0.328 e. The molecule has 0 atom stereocenters. The number of hydrogen-bond acceptors (Lipinski definition) is 4. The normalized spacial score (nSPS) is 12.3. The molecule has 0 amide bonds. The van der Waals surface area contributed by atoms with Gasteiger partial charge in [-0.05, 0) is 24.1 Å². The summed E-state index contributed by atoms with van der Waals surface area (Å²) in [4.78, 5) is 21.9. The molecule has 0 heterocycles. The Labute approximate surface area is 121 Å². The number of carboxylic acid groups (broad SMARTS) is 1. The van der Waals surface area contributed by atoms with E-state index in [0.29, 0.717) is 16.0 Å². The van der Waals surface area contributed by atoms with Crippen LogP contribution in [0.15, 0.2) is 29.2 Å². The van der Waals surface area contributed by atoms with E-state index in [-0.39, 0.29) is 10.4 Å². The molecule has 20 heavy (non-hydrogen) atoms. The summed E-state index contributed by atoms with van der Waals surface area (Å²) in [6.07, 6.45) is 1.04. The zero-order valence-corrected chi connectivity index (χ0v) is 12.7. The van der Waals surface area contributed by atoms with E-state index in [1.165, 1.54) is 17.8 Å². The zero-order chi connectivity index (χ0) is 15.5. The van der Waals surface area contributed by atoms with Gasteiger partial charge in [0.2, 0.25) is 0 Å². The predicted octanol–water partition coefficient (Wildman–Crippen LogP) is 3.97. The predicted molar refractivity (Wildman–Crippen MR) is 80.0 cm³/mol. The highest BCUT2D eigenvalue weighted by molar-refractivity contribution is 8.00. The van der Waals surface area contributed by atoms with Gasteiger partial charge in [-0.25, -0.2) is 4.79 Å². The summed E-state index contributed by atoms with van der Waals surface area (Å²) in [5.74, 6) is -1.07.